The van der Waals surface area contributed by atoms with E-state index in [1.807, 2.05) is 67.7 Å². The number of hydrogen-bond acceptors (Lipinski definition) is 3. The third-order valence-electron chi connectivity index (χ3n) is 3.79. The van der Waals surface area contributed by atoms with Crippen LogP contribution in [0.5, 0.6) is 0 Å². The summed E-state index contributed by atoms with van der Waals surface area (Å²) in [5, 5.41) is 4.70. The summed E-state index contributed by atoms with van der Waals surface area (Å²) >= 11 is 0. The number of hydrogen-bond donors (Lipinski definition) is 0. The number of aromatic nitrogens is 2. The van der Waals surface area contributed by atoms with Gasteiger partial charge in [-0.3, -0.25) is 0 Å². The van der Waals surface area contributed by atoms with Crippen LogP contribution < -0.4 is 0 Å². The molecule has 0 saturated carbocycles. The molecule has 26 heavy (non-hydrogen) atoms. The fourth-order valence-corrected chi connectivity index (χ4v) is 2.48. The lowest BCUT2D eigenvalue weighted by atomic mass is 10.1. The lowest BCUT2D eigenvalue weighted by Gasteiger charge is -2.01. The van der Waals surface area contributed by atoms with E-state index in [1.165, 1.54) is 11.6 Å². The smallest absolute Gasteiger partial charge is 0.331 e. The molecule has 0 bridgehead atoms. The van der Waals surface area contributed by atoms with Crippen molar-refractivity contribution < 1.29 is 9.53 Å². The molecule has 128 valence electrons. The molecular formula is C22H18N2O2. The number of ether oxygens (including phenoxy) is 1. The summed E-state index contributed by atoms with van der Waals surface area (Å²) in [7, 11) is 0. The van der Waals surface area contributed by atoms with E-state index in [-0.39, 0.29) is 6.61 Å². The van der Waals surface area contributed by atoms with E-state index < -0.39 is 5.97 Å². The fraction of sp³-hybridized carbons (Fsp3) is 0.0909. The summed E-state index contributed by atoms with van der Waals surface area (Å²) in [6.07, 6.45) is 10.0. The zero-order valence-corrected chi connectivity index (χ0v) is 14.4. The summed E-state index contributed by atoms with van der Waals surface area (Å²) in [6.45, 7) is 1.99. The molecule has 0 spiro atoms. The van der Waals surface area contributed by atoms with Crippen LogP contribution in [0.4, 0.5) is 0 Å². The van der Waals surface area contributed by atoms with Gasteiger partial charge in [-0.2, -0.15) is 5.10 Å². The van der Waals surface area contributed by atoms with Crippen LogP contribution in [-0.4, -0.2) is 22.4 Å². The van der Waals surface area contributed by atoms with Gasteiger partial charge in [-0.25, -0.2) is 9.48 Å². The van der Waals surface area contributed by atoms with Gasteiger partial charge in [0.2, 0.25) is 0 Å². The van der Waals surface area contributed by atoms with Crippen molar-refractivity contribution in [2.75, 3.05) is 6.61 Å². The molecule has 4 nitrogen and oxygen atoms in total. The Hall–Kier alpha value is -3.58. The predicted octanol–water partition coefficient (Wildman–Crippen LogP) is 4.04. The van der Waals surface area contributed by atoms with Crippen LogP contribution >= 0.6 is 0 Å². The van der Waals surface area contributed by atoms with E-state index in [4.69, 9.17) is 16.3 Å². The average Bonchev–Trinajstić information content (AvgIpc) is 3.10. The molecule has 0 radical (unpaired) electrons. The number of nitrogens with zero attached hydrogens (tertiary/aromatic N) is 2. The van der Waals surface area contributed by atoms with Gasteiger partial charge in [-0.15, -0.1) is 6.42 Å². The Morgan fingerprint density at radius 3 is 2.62 bits per heavy atom. The van der Waals surface area contributed by atoms with Gasteiger partial charge < -0.3 is 4.74 Å². The SMILES string of the molecule is C#CCOC(=O)/C=C/c1cn(-c2ccccc2)nc1-c1ccc(C)cc1. The highest BCUT2D eigenvalue weighted by atomic mass is 16.5. The first-order chi connectivity index (χ1) is 12.7. The minimum Gasteiger partial charge on any atom is -0.449 e. The second-order valence-electron chi connectivity index (χ2n) is 5.72. The maximum atomic E-state index is 11.7. The van der Waals surface area contributed by atoms with Crippen molar-refractivity contribution in [2.24, 2.45) is 0 Å². The average molecular weight is 342 g/mol. The second-order valence-corrected chi connectivity index (χ2v) is 5.72. The molecule has 0 N–H and O–H groups in total. The maximum absolute atomic E-state index is 11.7. The number of aryl methyl sites for hydroxylation is 1. The quantitative estimate of drug-likeness (QED) is 0.399. The minimum atomic E-state index is -0.481. The third kappa shape index (κ3) is 4.08. The van der Waals surface area contributed by atoms with Crippen molar-refractivity contribution in [3.63, 3.8) is 0 Å². The van der Waals surface area contributed by atoms with Gasteiger partial charge >= 0.3 is 5.97 Å². The van der Waals surface area contributed by atoms with Crippen molar-refractivity contribution in [1.29, 1.82) is 0 Å². The Bertz CT molecular complexity index is 962. The zero-order valence-electron chi connectivity index (χ0n) is 14.4. The van der Waals surface area contributed by atoms with Crippen LogP contribution in [0.25, 0.3) is 23.0 Å². The molecule has 0 saturated heterocycles. The Kier molecular flexibility index (Phi) is 5.31. The highest BCUT2D eigenvalue weighted by molar-refractivity contribution is 5.88. The van der Waals surface area contributed by atoms with Gasteiger partial charge in [0, 0.05) is 23.4 Å². The summed E-state index contributed by atoms with van der Waals surface area (Å²) in [5.41, 5.74) is 4.69. The molecule has 1 aromatic heterocycles. The van der Waals surface area contributed by atoms with Crippen molar-refractivity contribution in [1.82, 2.24) is 9.78 Å². The van der Waals surface area contributed by atoms with Gasteiger partial charge in [-0.1, -0.05) is 53.9 Å². The number of carbonyl (C=O) groups excluding carboxylic acids is 1. The molecule has 0 aliphatic carbocycles. The van der Waals surface area contributed by atoms with E-state index >= 15 is 0 Å². The summed E-state index contributed by atoms with van der Waals surface area (Å²) < 4.78 is 6.67. The first-order valence-corrected chi connectivity index (χ1v) is 8.18. The lowest BCUT2D eigenvalue weighted by Crippen LogP contribution is -1.99. The number of rotatable bonds is 5. The first kappa shape index (κ1) is 17.2. The Morgan fingerprint density at radius 2 is 1.92 bits per heavy atom. The molecular weight excluding hydrogens is 324 g/mol. The van der Waals surface area contributed by atoms with Crippen molar-refractivity contribution in [3.8, 4) is 29.3 Å². The Balaban J connectivity index is 1.99. The van der Waals surface area contributed by atoms with E-state index in [9.17, 15) is 4.79 Å². The lowest BCUT2D eigenvalue weighted by molar-refractivity contribution is -0.136. The Morgan fingerprint density at radius 1 is 1.19 bits per heavy atom. The normalized spacial score (nSPS) is 10.6. The van der Waals surface area contributed by atoms with Crippen LogP contribution in [0.2, 0.25) is 0 Å². The van der Waals surface area contributed by atoms with E-state index in [2.05, 4.69) is 5.92 Å². The predicted molar refractivity (Wildman–Crippen MR) is 103 cm³/mol. The maximum Gasteiger partial charge on any atom is 0.331 e. The zero-order chi connectivity index (χ0) is 18.4. The van der Waals surface area contributed by atoms with Gasteiger partial charge in [0.1, 0.15) is 0 Å². The molecule has 0 unspecified atom stereocenters. The second kappa shape index (κ2) is 8.00. The standard InChI is InChI=1S/C22H18N2O2/c1-3-15-26-21(25)14-13-19-16-24(20-7-5-4-6-8-20)23-22(19)18-11-9-17(2)10-12-18/h1,4-14,16H,15H2,2H3/b14-13+. The molecule has 0 aliphatic heterocycles. The Labute approximate surface area is 152 Å². The fourth-order valence-electron chi connectivity index (χ4n) is 2.48. The van der Waals surface area contributed by atoms with Crippen LogP contribution in [0.15, 0.2) is 66.9 Å². The van der Waals surface area contributed by atoms with E-state index in [1.54, 1.807) is 10.8 Å². The summed E-state index contributed by atoms with van der Waals surface area (Å²) in [5.74, 6) is 1.79. The number of para-hydroxylation sites is 1. The van der Waals surface area contributed by atoms with Gasteiger partial charge in [0.05, 0.1) is 11.4 Å². The minimum absolute atomic E-state index is 0.0444. The van der Waals surface area contributed by atoms with Gasteiger partial charge in [0.15, 0.2) is 6.61 Å². The molecule has 0 amide bonds. The molecule has 3 aromatic rings. The number of benzene rings is 2. The van der Waals surface area contributed by atoms with Crippen LogP contribution in [0, 0.1) is 19.3 Å². The van der Waals surface area contributed by atoms with Gasteiger partial charge in [-0.05, 0) is 25.1 Å². The van der Waals surface area contributed by atoms with Crippen molar-refractivity contribution in [3.05, 3.63) is 78.0 Å². The highest BCUT2D eigenvalue weighted by Crippen LogP contribution is 2.25. The summed E-state index contributed by atoms with van der Waals surface area (Å²) in [4.78, 5) is 11.7. The number of esters is 1. The van der Waals surface area contributed by atoms with E-state index in [0.29, 0.717) is 0 Å². The van der Waals surface area contributed by atoms with E-state index in [0.717, 1.165) is 22.5 Å². The largest absolute Gasteiger partial charge is 0.449 e. The van der Waals surface area contributed by atoms with Crippen LogP contribution in [0.3, 0.4) is 0 Å². The summed E-state index contributed by atoms with van der Waals surface area (Å²) in [6, 6.07) is 17.9. The van der Waals surface area contributed by atoms with Crippen LogP contribution in [0.1, 0.15) is 11.1 Å². The molecule has 0 atom stereocenters. The van der Waals surface area contributed by atoms with Crippen molar-refractivity contribution >= 4 is 12.0 Å². The van der Waals surface area contributed by atoms with Gasteiger partial charge in [0.25, 0.3) is 0 Å². The molecule has 1 heterocycles. The van der Waals surface area contributed by atoms with Crippen LogP contribution in [-0.2, 0) is 9.53 Å². The molecule has 4 heteroatoms. The number of terminal acetylenes is 1. The molecule has 0 fully saturated rings. The number of carbonyl (C=O) groups is 1. The topological polar surface area (TPSA) is 44.1 Å². The first-order valence-electron chi connectivity index (χ1n) is 8.18. The highest BCUT2D eigenvalue weighted by Gasteiger charge is 2.11. The third-order valence-corrected chi connectivity index (χ3v) is 3.79. The molecule has 3 rings (SSSR count). The molecule has 2 aromatic carbocycles. The monoisotopic (exact) mass is 342 g/mol. The molecule has 0 aliphatic rings. The van der Waals surface area contributed by atoms with Crippen molar-refractivity contribution in [2.45, 2.75) is 6.92 Å².